The number of sulfone groups is 1. The van der Waals surface area contributed by atoms with Gasteiger partial charge in [0.15, 0.2) is 14.9 Å². The molecule has 6 nitrogen and oxygen atoms in total. The number of hydrogen-bond acceptors (Lipinski definition) is 5. The lowest BCUT2D eigenvalue weighted by molar-refractivity contribution is 0.0797. The van der Waals surface area contributed by atoms with Crippen molar-refractivity contribution in [3.8, 4) is 0 Å². The van der Waals surface area contributed by atoms with Gasteiger partial charge in [-0.05, 0) is 20.3 Å². The fraction of sp³-hybridized carbons (Fsp3) is 0.750. The highest BCUT2D eigenvalue weighted by Crippen LogP contribution is 2.06. The first-order valence-corrected chi connectivity index (χ1v) is 6.38. The third-order valence-corrected chi connectivity index (χ3v) is 3.38. The monoisotopic (exact) mass is 233 g/mol. The van der Waals surface area contributed by atoms with Crippen LogP contribution < -0.4 is 0 Å². The van der Waals surface area contributed by atoms with Crippen LogP contribution in [-0.2, 0) is 14.6 Å². The van der Waals surface area contributed by atoms with Crippen molar-refractivity contribution in [3.05, 3.63) is 6.20 Å². The molecule has 0 aliphatic rings. The third-order valence-electron chi connectivity index (χ3n) is 1.72. The van der Waals surface area contributed by atoms with Crippen LogP contribution in [0.1, 0.15) is 20.3 Å². The molecule has 0 fully saturated rings. The van der Waals surface area contributed by atoms with Gasteiger partial charge in [0.2, 0.25) is 0 Å². The van der Waals surface area contributed by atoms with Crippen molar-refractivity contribution in [2.75, 3.05) is 12.4 Å². The van der Waals surface area contributed by atoms with Crippen molar-refractivity contribution in [1.82, 2.24) is 15.4 Å². The van der Waals surface area contributed by atoms with E-state index in [4.69, 9.17) is 4.74 Å². The van der Waals surface area contributed by atoms with Gasteiger partial charge >= 0.3 is 0 Å². The highest BCUT2D eigenvalue weighted by atomic mass is 32.2. The molecule has 0 aromatic carbocycles. The van der Waals surface area contributed by atoms with Crippen molar-refractivity contribution in [2.24, 2.45) is 0 Å². The van der Waals surface area contributed by atoms with Crippen LogP contribution in [0.4, 0.5) is 0 Å². The van der Waals surface area contributed by atoms with Crippen molar-refractivity contribution >= 4 is 9.84 Å². The van der Waals surface area contributed by atoms with Crippen LogP contribution in [0.15, 0.2) is 11.2 Å². The second kappa shape index (κ2) is 5.22. The van der Waals surface area contributed by atoms with Gasteiger partial charge in [-0.2, -0.15) is 10.3 Å². The van der Waals surface area contributed by atoms with Crippen LogP contribution in [0.25, 0.3) is 0 Å². The van der Waals surface area contributed by atoms with Crippen LogP contribution >= 0.6 is 0 Å². The predicted octanol–water partition coefficient (Wildman–Crippen LogP) is 0.394. The zero-order chi connectivity index (χ0) is 11.3. The molecule has 86 valence electrons. The number of aromatic amines is 1. The molecule has 1 N–H and O–H groups in total. The zero-order valence-electron chi connectivity index (χ0n) is 8.80. The fourth-order valence-corrected chi connectivity index (χ4v) is 2.11. The van der Waals surface area contributed by atoms with E-state index >= 15 is 0 Å². The first-order valence-electron chi connectivity index (χ1n) is 4.72. The Kier molecular flexibility index (Phi) is 4.22. The first kappa shape index (κ1) is 12.1. The Morgan fingerprint density at radius 1 is 1.53 bits per heavy atom. The maximum atomic E-state index is 11.6. The van der Waals surface area contributed by atoms with Gasteiger partial charge < -0.3 is 4.74 Å². The lowest BCUT2D eigenvalue weighted by atomic mass is 10.4. The van der Waals surface area contributed by atoms with Gasteiger partial charge in [-0.1, -0.05) is 0 Å². The number of rotatable bonds is 6. The van der Waals surface area contributed by atoms with Gasteiger partial charge in [-0.3, -0.25) is 0 Å². The molecular formula is C8H15N3O3S. The van der Waals surface area contributed by atoms with Gasteiger partial charge in [-0.15, -0.1) is 5.10 Å². The van der Waals surface area contributed by atoms with Crippen molar-refractivity contribution in [1.29, 1.82) is 0 Å². The standard InChI is InChI=1S/C8H15N3O3S/c1-7(2)14-4-3-5-15(12,13)8-6-9-11-10-8/h6-7H,3-5H2,1-2H3,(H,9,10,11). The van der Waals surface area contributed by atoms with E-state index in [-0.39, 0.29) is 16.9 Å². The molecule has 7 heteroatoms. The van der Waals surface area contributed by atoms with Crippen LogP contribution in [-0.4, -0.2) is 42.3 Å². The largest absolute Gasteiger partial charge is 0.379 e. The van der Waals surface area contributed by atoms with Gasteiger partial charge in [0.1, 0.15) is 0 Å². The Morgan fingerprint density at radius 2 is 2.27 bits per heavy atom. The van der Waals surface area contributed by atoms with E-state index < -0.39 is 9.84 Å². The SMILES string of the molecule is CC(C)OCCCS(=O)(=O)c1cn[nH]n1. The van der Waals surface area contributed by atoms with E-state index in [2.05, 4.69) is 15.4 Å². The minimum absolute atomic E-state index is 0.00736. The third kappa shape index (κ3) is 3.96. The summed E-state index contributed by atoms with van der Waals surface area (Å²) in [5.74, 6) is 0.0340. The quantitative estimate of drug-likeness (QED) is 0.718. The van der Waals surface area contributed by atoms with Crippen LogP contribution in [0.5, 0.6) is 0 Å². The molecule has 0 amide bonds. The molecule has 0 aliphatic heterocycles. The van der Waals surface area contributed by atoms with E-state index in [0.29, 0.717) is 13.0 Å². The predicted molar refractivity (Wildman–Crippen MR) is 54.1 cm³/mol. The average molecular weight is 233 g/mol. The molecule has 0 saturated carbocycles. The second-order valence-corrected chi connectivity index (χ2v) is 5.46. The lowest BCUT2D eigenvalue weighted by Crippen LogP contribution is -2.12. The summed E-state index contributed by atoms with van der Waals surface area (Å²) >= 11 is 0. The number of nitrogens with zero attached hydrogens (tertiary/aromatic N) is 2. The van der Waals surface area contributed by atoms with E-state index in [1.807, 2.05) is 13.8 Å². The normalized spacial score (nSPS) is 12.2. The van der Waals surface area contributed by atoms with Crippen molar-refractivity contribution in [3.63, 3.8) is 0 Å². The summed E-state index contributed by atoms with van der Waals surface area (Å²) in [5.41, 5.74) is 0. The summed E-state index contributed by atoms with van der Waals surface area (Å²) < 4.78 is 28.4. The molecule has 0 bridgehead atoms. The van der Waals surface area contributed by atoms with Crippen LogP contribution in [0, 0.1) is 0 Å². The highest BCUT2D eigenvalue weighted by Gasteiger charge is 2.16. The Labute approximate surface area is 88.9 Å². The summed E-state index contributed by atoms with van der Waals surface area (Å²) in [6.45, 7) is 4.26. The molecule has 15 heavy (non-hydrogen) atoms. The number of aromatic nitrogens is 3. The maximum Gasteiger partial charge on any atom is 0.199 e. The summed E-state index contributed by atoms with van der Waals surface area (Å²) in [6.07, 6.45) is 1.80. The Hall–Kier alpha value is -0.950. The number of H-pyrrole nitrogens is 1. The van der Waals surface area contributed by atoms with Gasteiger partial charge in [0.25, 0.3) is 0 Å². The van der Waals surface area contributed by atoms with Crippen molar-refractivity contribution in [2.45, 2.75) is 31.4 Å². The Morgan fingerprint density at radius 3 is 2.80 bits per heavy atom. The van der Waals surface area contributed by atoms with Gasteiger partial charge in [-0.25, -0.2) is 8.42 Å². The van der Waals surface area contributed by atoms with E-state index in [1.54, 1.807) is 0 Å². The summed E-state index contributed by atoms with van der Waals surface area (Å²) in [6, 6.07) is 0. The minimum Gasteiger partial charge on any atom is -0.379 e. The van der Waals surface area contributed by atoms with E-state index in [9.17, 15) is 8.42 Å². The molecule has 1 rings (SSSR count). The van der Waals surface area contributed by atoms with Crippen LogP contribution in [0.2, 0.25) is 0 Å². The number of hydrogen-bond donors (Lipinski definition) is 1. The maximum absolute atomic E-state index is 11.6. The van der Waals surface area contributed by atoms with Crippen molar-refractivity contribution < 1.29 is 13.2 Å². The molecule has 0 aliphatic carbocycles. The fourth-order valence-electron chi connectivity index (χ4n) is 1.01. The van der Waals surface area contributed by atoms with E-state index in [0.717, 1.165) is 0 Å². The van der Waals surface area contributed by atoms with E-state index in [1.165, 1.54) is 6.20 Å². The Bertz CT molecular complexity index is 372. The molecule has 0 spiro atoms. The summed E-state index contributed by atoms with van der Waals surface area (Å²) in [4.78, 5) is 0. The molecule has 1 aromatic heterocycles. The topological polar surface area (TPSA) is 84.9 Å². The lowest BCUT2D eigenvalue weighted by Gasteiger charge is -2.06. The summed E-state index contributed by atoms with van der Waals surface area (Å²) in [7, 11) is -3.30. The first-order chi connectivity index (χ1) is 7.02. The Balaban J connectivity index is 2.39. The molecular weight excluding hydrogens is 218 g/mol. The zero-order valence-corrected chi connectivity index (χ0v) is 9.62. The molecule has 0 atom stereocenters. The molecule has 0 saturated heterocycles. The molecule has 0 unspecified atom stereocenters. The number of ether oxygens (including phenoxy) is 1. The van der Waals surface area contributed by atoms with Crippen LogP contribution in [0.3, 0.4) is 0 Å². The molecule has 0 radical (unpaired) electrons. The number of nitrogens with one attached hydrogen (secondary N) is 1. The van der Waals surface area contributed by atoms with Gasteiger partial charge in [0, 0.05) is 6.61 Å². The smallest absolute Gasteiger partial charge is 0.199 e. The average Bonchev–Trinajstić information content (AvgIpc) is 2.65. The minimum atomic E-state index is -3.30. The second-order valence-electron chi connectivity index (χ2n) is 3.40. The van der Waals surface area contributed by atoms with Gasteiger partial charge in [0.05, 0.1) is 18.1 Å². The highest BCUT2D eigenvalue weighted by molar-refractivity contribution is 7.91. The molecule has 1 aromatic rings. The molecule has 1 heterocycles. The summed E-state index contributed by atoms with van der Waals surface area (Å²) in [5, 5.41) is 9.26.